The molecular formula is C31H18F8O. The Morgan fingerprint density at radius 2 is 1.27 bits per heavy atom. The number of alkyl halides is 2. The highest BCUT2D eigenvalue weighted by Crippen LogP contribution is 2.38. The molecule has 0 aliphatic heterocycles. The minimum Gasteiger partial charge on any atom is -0.429 e. The van der Waals surface area contributed by atoms with Crippen LogP contribution in [-0.2, 0) is 12.5 Å². The van der Waals surface area contributed by atoms with E-state index in [-0.39, 0.29) is 23.3 Å². The van der Waals surface area contributed by atoms with Crippen molar-refractivity contribution in [3.63, 3.8) is 0 Å². The van der Waals surface area contributed by atoms with Gasteiger partial charge in [0.2, 0.25) is 0 Å². The quantitative estimate of drug-likeness (QED) is 0.0953. The van der Waals surface area contributed by atoms with Crippen LogP contribution in [0.3, 0.4) is 0 Å². The molecule has 1 nitrogen and oxygen atoms in total. The van der Waals surface area contributed by atoms with Gasteiger partial charge >= 0.3 is 6.11 Å². The summed E-state index contributed by atoms with van der Waals surface area (Å²) >= 11 is 0. The van der Waals surface area contributed by atoms with Crippen LogP contribution in [0, 0.1) is 46.7 Å². The second kappa shape index (κ2) is 11.7. The molecule has 4 aromatic carbocycles. The Hall–Kier alpha value is -4.58. The maximum absolute atomic E-state index is 14.8. The fraction of sp³-hybridized carbons (Fsp3) is 0.0968. The zero-order valence-electron chi connectivity index (χ0n) is 20.5. The van der Waals surface area contributed by atoms with Crippen LogP contribution in [0.1, 0.15) is 28.7 Å². The van der Waals surface area contributed by atoms with Crippen LogP contribution < -0.4 is 4.74 Å². The summed E-state index contributed by atoms with van der Waals surface area (Å²) < 4.78 is 117. The van der Waals surface area contributed by atoms with E-state index in [9.17, 15) is 35.1 Å². The lowest BCUT2D eigenvalue weighted by atomic mass is 10.0. The number of benzene rings is 4. The van der Waals surface area contributed by atoms with Crippen molar-refractivity contribution in [1.29, 1.82) is 0 Å². The number of ether oxygens (including phenoxy) is 1. The Balaban J connectivity index is 1.57. The van der Waals surface area contributed by atoms with Gasteiger partial charge in [0.25, 0.3) is 0 Å². The summed E-state index contributed by atoms with van der Waals surface area (Å²) in [6.07, 6.45) is -1.27. The monoisotopic (exact) mass is 558 g/mol. The summed E-state index contributed by atoms with van der Waals surface area (Å²) in [7, 11) is 0. The summed E-state index contributed by atoms with van der Waals surface area (Å²) in [5, 5.41) is 0. The summed E-state index contributed by atoms with van der Waals surface area (Å²) in [6.45, 7) is 3.68. The molecule has 4 aromatic rings. The van der Waals surface area contributed by atoms with E-state index in [1.54, 1.807) is 0 Å². The molecular weight excluding hydrogens is 540 g/mol. The molecule has 0 aliphatic carbocycles. The molecule has 9 heteroatoms. The lowest BCUT2D eigenvalue weighted by molar-refractivity contribution is -0.189. The fourth-order valence-corrected chi connectivity index (χ4v) is 3.79. The number of rotatable bonds is 7. The third-order valence-corrected chi connectivity index (χ3v) is 5.76. The van der Waals surface area contributed by atoms with Crippen molar-refractivity contribution in [1.82, 2.24) is 0 Å². The molecule has 0 aromatic heterocycles. The van der Waals surface area contributed by atoms with Crippen LogP contribution in [0.15, 0.2) is 79.4 Å². The lowest BCUT2D eigenvalue weighted by Gasteiger charge is -2.20. The van der Waals surface area contributed by atoms with Crippen LogP contribution in [0.25, 0.3) is 11.1 Å². The summed E-state index contributed by atoms with van der Waals surface area (Å²) in [6, 6.07) is 12.2. The van der Waals surface area contributed by atoms with Crippen molar-refractivity contribution in [3.8, 4) is 28.7 Å². The molecule has 0 atom stereocenters. The maximum Gasteiger partial charge on any atom is 0.432 e. The molecule has 0 saturated carbocycles. The molecule has 0 spiro atoms. The lowest BCUT2D eigenvalue weighted by Crippen LogP contribution is -2.25. The molecule has 4 rings (SSSR count). The van der Waals surface area contributed by atoms with E-state index in [0.717, 1.165) is 24.5 Å². The first-order chi connectivity index (χ1) is 19.0. The zero-order valence-corrected chi connectivity index (χ0v) is 20.5. The molecule has 0 radical (unpaired) electrons. The molecule has 0 saturated heterocycles. The largest absolute Gasteiger partial charge is 0.432 e. The molecule has 40 heavy (non-hydrogen) atoms. The van der Waals surface area contributed by atoms with E-state index in [1.165, 1.54) is 12.1 Å². The minimum atomic E-state index is -4.76. The summed E-state index contributed by atoms with van der Waals surface area (Å²) in [5.74, 6) is -5.73. The van der Waals surface area contributed by atoms with Crippen LogP contribution in [0.5, 0.6) is 5.75 Å². The number of halogens is 8. The van der Waals surface area contributed by atoms with E-state index >= 15 is 0 Å². The molecule has 0 amide bonds. The number of allylic oxidation sites excluding steroid dienone is 1. The van der Waals surface area contributed by atoms with Gasteiger partial charge in [0.05, 0.1) is 0 Å². The van der Waals surface area contributed by atoms with Gasteiger partial charge in [-0.15, -0.1) is 6.58 Å². The van der Waals surface area contributed by atoms with Crippen LogP contribution in [-0.4, -0.2) is 0 Å². The van der Waals surface area contributed by atoms with Gasteiger partial charge in [0.1, 0.15) is 28.8 Å². The van der Waals surface area contributed by atoms with Crippen LogP contribution in [0.4, 0.5) is 35.1 Å². The van der Waals surface area contributed by atoms with Crippen molar-refractivity contribution < 1.29 is 39.9 Å². The molecule has 0 heterocycles. The first kappa shape index (κ1) is 28.4. The van der Waals surface area contributed by atoms with Gasteiger partial charge in [-0.3, -0.25) is 0 Å². The van der Waals surface area contributed by atoms with Crippen molar-refractivity contribution >= 4 is 0 Å². The summed E-state index contributed by atoms with van der Waals surface area (Å²) in [5.41, 5.74) is -0.545. The highest BCUT2D eigenvalue weighted by atomic mass is 19.3. The standard InChI is InChI=1S/C31H18F8O/c1-2-3-4-18-5-7-19(8-6-18)9-10-20-11-12-23(24(32)13-20)21-14-25(33)29(26(34)15-21)31(38,39)40-22-16-27(35)30(37)28(36)17-22/h2,5-8,11-17H,1,3-4H2. The van der Waals surface area contributed by atoms with E-state index in [4.69, 9.17) is 0 Å². The van der Waals surface area contributed by atoms with Gasteiger partial charge < -0.3 is 4.74 Å². The molecule has 0 N–H and O–H groups in total. The Bertz CT molecular complexity index is 1590. The first-order valence-electron chi connectivity index (χ1n) is 11.7. The molecule has 0 unspecified atom stereocenters. The Kier molecular flexibility index (Phi) is 8.29. The Labute approximate surface area is 224 Å². The SMILES string of the molecule is C=CCCc1ccc(C#Cc2ccc(-c3cc(F)c(C(F)(F)Oc4cc(F)c(F)c(F)c4)c(F)c3)c(F)c2)cc1. The van der Waals surface area contributed by atoms with Crippen molar-refractivity contribution in [2.24, 2.45) is 0 Å². The van der Waals surface area contributed by atoms with E-state index in [1.807, 2.05) is 30.3 Å². The van der Waals surface area contributed by atoms with Gasteiger partial charge in [-0.2, -0.15) is 8.78 Å². The van der Waals surface area contributed by atoms with Crippen molar-refractivity contribution in [2.75, 3.05) is 0 Å². The minimum absolute atomic E-state index is 0.0930. The normalized spacial score (nSPS) is 11.1. The van der Waals surface area contributed by atoms with Gasteiger partial charge in [0.15, 0.2) is 17.5 Å². The molecule has 0 fully saturated rings. The summed E-state index contributed by atoms with van der Waals surface area (Å²) in [4.78, 5) is 0. The maximum atomic E-state index is 14.8. The second-order valence-electron chi connectivity index (χ2n) is 8.60. The fourth-order valence-electron chi connectivity index (χ4n) is 3.79. The van der Waals surface area contributed by atoms with E-state index in [2.05, 4.69) is 23.2 Å². The first-order valence-corrected chi connectivity index (χ1v) is 11.7. The van der Waals surface area contributed by atoms with E-state index < -0.39 is 57.9 Å². The van der Waals surface area contributed by atoms with Crippen LogP contribution in [0.2, 0.25) is 0 Å². The average Bonchev–Trinajstić information content (AvgIpc) is 2.89. The van der Waals surface area contributed by atoms with Gasteiger partial charge in [-0.1, -0.05) is 36.1 Å². The van der Waals surface area contributed by atoms with Crippen molar-refractivity contribution in [2.45, 2.75) is 19.0 Å². The number of hydrogen-bond acceptors (Lipinski definition) is 1. The van der Waals surface area contributed by atoms with Crippen LogP contribution >= 0.6 is 0 Å². The third kappa shape index (κ3) is 6.34. The van der Waals surface area contributed by atoms with Crippen molar-refractivity contribution in [3.05, 3.63) is 137 Å². The van der Waals surface area contributed by atoms with Gasteiger partial charge in [-0.25, -0.2) is 26.3 Å². The smallest absolute Gasteiger partial charge is 0.429 e. The third-order valence-electron chi connectivity index (χ3n) is 5.76. The van der Waals surface area contributed by atoms with Gasteiger partial charge in [0, 0.05) is 28.8 Å². The predicted molar refractivity (Wildman–Crippen MR) is 134 cm³/mol. The van der Waals surface area contributed by atoms with E-state index in [0.29, 0.717) is 17.7 Å². The molecule has 0 aliphatic rings. The number of aryl methyl sites for hydroxylation is 1. The van der Waals surface area contributed by atoms with Gasteiger partial charge in [-0.05, 0) is 60.4 Å². The average molecular weight is 558 g/mol. The topological polar surface area (TPSA) is 9.23 Å². The Morgan fingerprint density at radius 1 is 0.700 bits per heavy atom. The zero-order chi connectivity index (χ0) is 29.0. The number of hydrogen-bond donors (Lipinski definition) is 0. The second-order valence-corrected chi connectivity index (χ2v) is 8.60. The highest BCUT2D eigenvalue weighted by Gasteiger charge is 2.41. The highest BCUT2D eigenvalue weighted by molar-refractivity contribution is 5.66. The predicted octanol–water partition coefficient (Wildman–Crippen LogP) is 8.83. The Morgan fingerprint density at radius 3 is 1.85 bits per heavy atom. The molecule has 204 valence electrons. The molecule has 0 bridgehead atoms.